The highest BCUT2D eigenvalue weighted by Crippen LogP contribution is 2.23. The first-order valence-electron chi connectivity index (χ1n) is 11.8. The smallest absolute Gasteiger partial charge is 0.417 e. The van der Waals surface area contributed by atoms with Crippen LogP contribution in [0.3, 0.4) is 0 Å². The van der Waals surface area contributed by atoms with E-state index in [1.54, 1.807) is 0 Å². The molecule has 2 aromatic rings. The van der Waals surface area contributed by atoms with Gasteiger partial charge in [0.25, 0.3) is 0 Å². The van der Waals surface area contributed by atoms with Crippen molar-refractivity contribution in [3.05, 3.63) is 71.8 Å². The van der Waals surface area contributed by atoms with E-state index in [0.29, 0.717) is 19.4 Å². The zero-order chi connectivity index (χ0) is 23.5. The largest absolute Gasteiger partial charge is 0.447 e. The van der Waals surface area contributed by atoms with Crippen LogP contribution in [0.25, 0.3) is 0 Å². The number of imide groups is 1. The number of hydrogen-bond donors (Lipinski definition) is 0. The summed E-state index contributed by atoms with van der Waals surface area (Å²) in [5.41, 5.74) is 1.97. The van der Waals surface area contributed by atoms with Crippen LogP contribution in [-0.2, 0) is 32.1 Å². The highest BCUT2D eigenvalue weighted by atomic mass is 16.6. The van der Waals surface area contributed by atoms with Crippen LogP contribution in [0, 0.1) is 5.92 Å². The fourth-order valence-corrected chi connectivity index (χ4v) is 4.08. The van der Waals surface area contributed by atoms with Crippen LogP contribution in [0.4, 0.5) is 4.79 Å². The number of nitrogens with zero attached hydrogens (tertiary/aromatic N) is 1. The molecule has 2 aromatic carbocycles. The van der Waals surface area contributed by atoms with Crippen LogP contribution in [-0.4, -0.2) is 41.9 Å². The van der Waals surface area contributed by atoms with Crippen LogP contribution < -0.4 is 0 Å². The molecule has 2 amide bonds. The number of hydrogen-bond acceptors (Lipinski definition) is 5. The fraction of sp³-hybridized carbons (Fsp3) is 0.444. The van der Waals surface area contributed by atoms with Gasteiger partial charge in [0.05, 0.1) is 18.6 Å². The number of ketones is 1. The minimum absolute atomic E-state index is 0.140. The highest BCUT2D eigenvalue weighted by molar-refractivity contribution is 6.07. The lowest BCUT2D eigenvalue weighted by Crippen LogP contribution is -2.46. The highest BCUT2D eigenvalue weighted by Gasteiger charge is 2.42. The normalized spacial score (nSPS) is 16.5. The van der Waals surface area contributed by atoms with Crippen molar-refractivity contribution in [3.8, 4) is 0 Å². The standard InChI is InChI=1S/C27H33NO5/c1-2-3-4-11-16-24(25(29)20-32-18-22-14-9-6-10-15-22)26(30)28-23(19-33-27(28)31)17-21-12-7-5-8-13-21/h5-10,12-15,23-24H,2-4,11,16-20H2,1H3/t23-,24+/m0/s1. The molecule has 0 spiro atoms. The first kappa shape index (κ1) is 24.6. The topological polar surface area (TPSA) is 72.9 Å². The van der Waals surface area contributed by atoms with E-state index in [1.165, 1.54) is 0 Å². The van der Waals surface area contributed by atoms with Gasteiger partial charge in [-0.15, -0.1) is 0 Å². The molecule has 0 aliphatic carbocycles. The SMILES string of the molecule is CCCCCC[C@H](C(=O)COCc1ccccc1)C(=O)N1C(=O)OC[C@@H]1Cc1ccccc1. The number of amides is 2. The van der Waals surface area contributed by atoms with Crippen LogP contribution in [0.2, 0.25) is 0 Å². The first-order valence-corrected chi connectivity index (χ1v) is 11.8. The molecule has 0 N–H and O–H groups in total. The van der Waals surface area contributed by atoms with Gasteiger partial charge in [0.15, 0.2) is 5.78 Å². The van der Waals surface area contributed by atoms with Gasteiger partial charge in [0.2, 0.25) is 5.91 Å². The number of Topliss-reactive ketones (excluding diaryl/α,β-unsaturated/α-hetero) is 1. The average Bonchev–Trinajstić information content (AvgIpc) is 3.19. The number of ether oxygens (including phenoxy) is 2. The second kappa shape index (κ2) is 12.9. The zero-order valence-corrected chi connectivity index (χ0v) is 19.3. The van der Waals surface area contributed by atoms with Crippen molar-refractivity contribution >= 4 is 17.8 Å². The summed E-state index contributed by atoms with van der Waals surface area (Å²) >= 11 is 0. The van der Waals surface area contributed by atoms with Crippen LogP contribution >= 0.6 is 0 Å². The van der Waals surface area contributed by atoms with Crippen molar-refractivity contribution in [2.75, 3.05) is 13.2 Å². The Morgan fingerprint density at radius 1 is 1.00 bits per heavy atom. The summed E-state index contributed by atoms with van der Waals surface area (Å²) in [5.74, 6) is -1.66. The third-order valence-electron chi connectivity index (χ3n) is 5.90. The Hall–Kier alpha value is -2.99. The summed E-state index contributed by atoms with van der Waals surface area (Å²) in [4.78, 5) is 40.1. The van der Waals surface area contributed by atoms with Crippen molar-refractivity contribution < 1.29 is 23.9 Å². The lowest BCUT2D eigenvalue weighted by Gasteiger charge is -2.24. The van der Waals surface area contributed by atoms with E-state index in [-0.39, 0.29) is 19.0 Å². The number of benzene rings is 2. The van der Waals surface area contributed by atoms with Gasteiger partial charge in [-0.1, -0.05) is 93.3 Å². The van der Waals surface area contributed by atoms with Gasteiger partial charge in [0, 0.05) is 0 Å². The van der Waals surface area contributed by atoms with Crippen LogP contribution in [0.5, 0.6) is 0 Å². The molecular weight excluding hydrogens is 418 g/mol. The summed E-state index contributed by atoms with van der Waals surface area (Å²) < 4.78 is 10.8. The number of rotatable bonds is 13. The molecule has 1 heterocycles. The van der Waals surface area contributed by atoms with E-state index in [1.807, 2.05) is 60.7 Å². The van der Waals surface area contributed by atoms with E-state index in [0.717, 1.165) is 41.7 Å². The second-order valence-electron chi connectivity index (χ2n) is 8.48. The van der Waals surface area contributed by atoms with E-state index in [2.05, 4.69) is 6.92 Å². The van der Waals surface area contributed by atoms with Crippen molar-refractivity contribution in [1.29, 1.82) is 0 Å². The predicted molar refractivity (Wildman–Crippen MR) is 125 cm³/mol. The van der Waals surface area contributed by atoms with E-state index in [4.69, 9.17) is 9.47 Å². The summed E-state index contributed by atoms with van der Waals surface area (Å²) in [5, 5.41) is 0. The molecule has 1 saturated heterocycles. The molecule has 6 nitrogen and oxygen atoms in total. The molecule has 0 unspecified atom stereocenters. The predicted octanol–water partition coefficient (Wildman–Crippen LogP) is 4.95. The monoisotopic (exact) mass is 451 g/mol. The van der Waals surface area contributed by atoms with Gasteiger partial charge < -0.3 is 9.47 Å². The van der Waals surface area contributed by atoms with E-state index in [9.17, 15) is 14.4 Å². The molecule has 1 fully saturated rings. The molecule has 0 aromatic heterocycles. The minimum Gasteiger partial charge on any atom is -0.447 e. The molecular formula is C27H33NO5. The maximum atomic E-state index is 13.4. The minimum atomic E-state index is -0.901. The molecule has 0 bridgehead atoms. The molecule has 3 rings (SSSR count). The number of carbonyl (C=O) groups excluding carboxylic acids is 3. The van der Waals surface area contributed by atoms with Gasteiger partial charge >= 0.3 is 6.09 Å². The molecule has 2 atom stereocenters. The number of cyclic esters (lactones) is 1. The van der Waals surface area contributed by atoms with Crippen LogP contribution in [0.15, 0.2) is 60.7 Å². The van der Waals surface area contributed by atoms with Gasteiger partial charge in [-0.05, 0) is 24.0 Å². The van der Waals surface area contributed by atoms with Gasteiger partial charge in [0.1, 0.15) is 13.2 Å². The van der Waals surface area contributed by atoms with Gasteiger partial charge in [-0.2, -0.15) is 0 Å². The third-order valence-corrected chi connectivity index (χ3v) is 5.90. The third kappa shape index (κ3) is 7.26. The molecule has 1 aliphatic rings. The van der Waals surface area contributed by atoms with Gasteiger partial charge in [-0.25, -0.2) is 9.69 Å². The maximum absolute atomic E-state index is 13.4. The Labute approximate surface area is 195 Å². The Balaban J connectivity index is 1.67. The second-order valence-corrected chi connectivity index (χ2v) is 8.48. The van der Waals surface area contributed by atoms with Crippen LogP contribution in [0.1, 0.15) is 50.2 Å². The Morgan fingerprint density at radius 3 is 2.33 bits per heavy atom. The summed E-state index contributed by atoms with van der Waals surface area (Å²) in [6.07, 6.45) is 4.04. The molecule has 0 radical (unpaired) electrons. The fourth-order valence-electron chi connectivity index (χ4n) is 4.08. The maximum Gasteiger partial charge on any atom is 0.417 e. The Kier molecular flexibility index (Phi) is 9.63. The lowest BCUT2D eigenvalue weighted by molar-refractivity contribution is -0.142. The average molecular weight is 452 g/mol. The Bertz CT molecular complexity index is 899. The lowest BCUT2D eigenvalue weighted by atomic mass is 9.94. The van der Waals surface area contributed by atoms with Crippen molar-refractivity contribution in [1.82, 2.24) is 4.90 Å². The molecule has 6 heteroatoms. The van der Waals surface area contributed by atoms with Crippen molar-refractivity contribution in [2.24, 2.45) is 5.92 Å². The molecule has 33 heavy (non-hydrogen) atoms. The van der Waals surface area contributed by atoms with Crippen molar-refractivity contribution in [2.45, 2.75) is 58.1 Å². The first-order chi connectivity index (χ1) is 16.1. The number of unbranched alkanes of at least 4 members (excludes halogenated alkanes) is 3. The summed E-state index contributed by atoms with van der Waals surface area (Å²) in [6.45, 7) is 2.39. The van der Waals surface area contributed by atoms with E-state index < -0.39 is 24.0 Å². The number of carbonyl (C=O) groups is 3. The molecule has 0 saturated carbocycles. The van der Waals surface area contributed by atoms with Crippen molar-refractivity contribution in [3.63, 3.8) is 0 Å². The Morgan fingerprint density at radius 2 is 1.67 bits per heavy atom. The summed E-state index contributed by atoms with van der Waals surface area (Å²) in [6, 6.07) is 18.8. The summed E-state index contributed by atoms with van der Waals surface area (Å²) in [7, 11) is 0. The van der Waals surface area contributed by atoms with E-state index >= 15 is 0 Å². The van der Waals surface area contributed by atoms with Gasteiger partial charge in [-0.3, -0.25) is 9.59 Å². The quantitative estimate of drug-likeness (QED) is 0.318. The molecule has 1 aliphatic heterocycles. The molecule has 176 valence electrons. The zero-order valence-electron chi connectivity index (χ0n) is 19.3.